The molecule has 3 heteroatoms. The van der Waals surface area contributed by atoms with Crippen molar-refractivity contribution in [3.8, 4) is 5.75 Å². The highest BCUT2D eigenvalue weighted by Crippen LogP contribution is 2.30. The van der Waals surface area contributed by atoms with Gasteiger partial charge in [-0.1, -0.05) is 18.2 Å². The van der Waals surface area contributed by atoms with Crippen LogP contribution in [0.3, 0.4) is 0 Å². The number of hydrogen-bond acceptors (Lipinski definition) is 3. The third kappa shape index (κ3) is 2.99. The SMILES string of the molecule is COc1ccccc1C1CNC(C)CC(C)O1. The van der Waals surface area contributed by atoms with Crippen molar-refractivity contribution in [1.82, 2.24) is 5.32 Å². The molecule has 1 aliphatic heterocycles. The fraction of sp³-hybridized carbons (Fsp3) is 0.571. The predicted molar refractivity (Wildman–Crippen MR) is 68.4 cm³/mol. The van der Waals surface area contributed by atoms with Crippen LogP contribution in [0.5, 0.6) is 5.75 Å². The molecule has 3 unspecified atom stereocenters. The molecule has 0 aliphatic carbocycles. The van der Waals surface area contributed by atoms with Crippen LogP contribution in [-0.4, -0.2) is 25.8 Å². The molecule has 1 heterocycles. The zero-order valence-corrected chi connectivity index (χ0v) is 10.8. The number of methoxy groups -OCH3 is 1. The third-order valence-corrected chi connectivity index (χ3v) is 3.22. The first-order valence-corrected chi connectivity index (χ1v) is 6.22. The van der Waals surface area contributed by atoms with E-state index in [1.807, 2.05) is 18.2 Å². The zero-order chi connectivity index (χ0) is 12.3. The summed E-state index contributed by atoms with van der Waals surface area (Å²) in [4.78, 5) is 0. The molecule has 3 atom stereocenters. The predicted octanol–water partition coefficient (Wildman–Crippen LogP) is 2.52. The quantitative estimate of drug-likeness (QED) is 0.854. The van der Waals surface area contributed by atoms with Gasteiger partial charge in [-0.15, -0.1) is 0 Å². The van der Waals surface area contributed by atoms with Crippen LogP contribution in [0.2, 0.25) is 0 Å². The van der Waals surface area contributed by atoms with Crippen molar-refractivity contribution < 1.29 is 9.47 Å². The standard InChI is InChI=1S/C14H21NO2/c1-10-8-11(2)17-14(9-15-10)12-6-4-5-7-13(12)16-3/h4-7,10-11,14-15H,8-9H2,1-3H3. The van der Waals surface area contributed by atoms with Crippen molar-refractivity contribution in [2.24, 2.45) is 0 Å². The maximum Gasteiger partial charge on any atom is 0.124 e. The first kappa shape index (κ1) is 12.4. The Morgan fingerprint density at radius 2 is 2.06 bits per heavy atom. The Morgan fingerprint density at radius 1 is 1.29 bits per heavy atom. The van der Waals surface area contributed by atoms with Crippen LogP contribution in [0.15, 0.2) is 24.3 Å². The average molecular weight is 235 g/mol. The molecule has 17 heavy (non-hydrogen) atoms. The van der Waals surface area contributed by atoms with Gasteiger partial charge in [0.1, 0.15) is 5.75 Å². The van der Waals surface area contributed by atoms with Crippen molar-refractivity contribution in [1.29, 1.82) is 0 Å². The van der Waals surface area contributed by atoms with E-state index < -0.39 is 0 Å². The Morgan fingerprint density at radius 3 is 2.82 bits per heavy atom. The largest absolute Gasteiger partial charge is 0.496 e. The first-order valence-electron chi connectivity index (χ1n) is 6.22. The molecule has 1 aromatic carbocycles. The van der Waals surface area contributed by atoms with E-state index in [2.05, 4.69) is 25.2 Å². The minimum Gasteiger partial charge on any atom is -0.496 e. The lowest BCUT2D eigenvalue weighted by molar-refractivity contribution is 0.00605. The number of benzene rings is 1. The van der Waals surface area contributed by atoms with Crippen LogP contribution in [0, 0.1) is 0 Å². The fourth-order valence-corrected chi connectivity index (χ4v) is 2.39. The lowest BCUT2D eigenvalue weighted by atomic mass is 10.1. The summed E-state index contributed by atoms with van der Waals surface area (Å²) in [6.45, 7) is 5.17. The van der Waals surface area contributed by atoms with E-state index in [0.29, 0.717) is 6.04 Å². The van der Waals surface area contributed by atoms with Crippen molar-refractivity contribution >= 4 is 0 Å². The van der Waals surface area contributed by atoms with Crippen molar-refractivity contribution in [3.63, 3.8) is 0 Å². The molecule has 0 bridgehead atoms. The molecule has 0 saturated carbocycles. The Balaban J connectivity index is 2.20. The highest BCUT2D eigenvalue weighted by atomic mass is 16.5. The molecule has 0 radical (unpaired) electrons. The zero-order valence-electron chi connectivity index (χ0n) is 10.8. The normalized spacial score (nSPS) is 29.7. The van der Waals surface area contributed by atoms with E-state index in [-0.39, 0.29) is 12.2 Å². The van der Waals surface area contributed by atoms with Crippen molar-refractivity contribution in [2.75, 3.05) is 13.7 Å². The first-order chi connectivity index (χ1) is 8.20. The van der Waals surface area contributed by atoms with Gasteiger partial charge in [0.05, 0.1) is 19.3 Å². The summed E-state index contributed by atoms with van der Waals surface area (Å²) in [5.74, 6) is 0.904. The molecule has 2 rings (SSSR count). The molecule has 1 saturated heterocycles. The summed E-state index contributed by atoms with van der Waals surface area (Å²) in [5.41, 5.74) is 1.13. The second kappa shape index (κ2) is 5.52. The minimum atomic E-state index is 0.0751. The lowest BCUT2D eigenvalue weighted by Crippen LogP contribution is -2.28. The number of para-hydroxylation sites is 1. The van der Waals surface area contributed by atoms with Crippen LogP contribution in [-0.2, 0) is 4.74 Å². The molecule has 1 aliphatic rings. The summed E-state index contributed by atoms with van der Waals surface area (Å²) >= 11 is 0. The van der Waals surface area contributed by atoms with Gasteiger partial charge in [0.25, 0.3) is 0 Å². The van der Waals surface area contributed by atoms with Crippen LogP contribution in [0.25, 0.3) is 0 Å². The van der Waals surface area contributed by atoms with E-state index in [1.54, 1.807) is 7.11 Å². The molecular weight excluding hydrogens is 214 g/mol. The van der Waals surface area contributed by atoms with Gasteiger partial charge in [0.2, 0.25) is 0 Å². The van der Waals surface area contributed by atoms with Crippen molar-refractivity contribution in [3.05, 3.63) is 29.8 Å². The van der Waals surface area contributed by atoms with Crippen molar-refractivity contribution in [2.45, 2.75) is 38.5 Å². The minimum absolute atomic E-state index is 0.0751. The van der Waals surface area contributed by atoms with Crippen LogP contribution in [0.1, 0.15) is 31.9 Å². The summed E-state index contributed by atoms with van der Waals surface area (Å²) in [7, 11) is 1.70. The summed E-state index contributed by atoms with van der Waals surface area (Å²) < 4.78 is 11.5. The molecule has 3 nitrogen and oxygen atoms in total. The summed E-state index contributed by atoms with van der Waals surface area (Å²) in [6, 6.07) is 8.58. The van der Waals surface area contributed by atoms with Crippen LogP contribution >= 0.6 is 0 Å². The summed E-state index contributed by atoms with van der Waals surface area (Å²) in [6.07, 6.45) is 1.40. The molecule has 1 fully saturated rings. The highest BCUT2D eigenvalue weighted by Gasteiger charge is 2.24. The fourth-order valence-electron chi connectivity index (χ4n) is 2.39. The van der Waals surface area contributed by atoms with E-state index in [4.69, 9.17) is 9.47 Å². The highest BCUT2D eigenvalue weighted by molar-refractivity contribution is 5.35. The van der Waals surface area contributed by atoms with Crippen LogP contribution in [0.4, 0.5) is 0 Å². The number of hydrogen-bond donors (Lipinski definition) is 1. The lowest BCUT2D eigenvalue weighted by Gasteiger charge is -2.20. The number of rotatable bonds is 2. The maximum absolute atomic E-state index is 6.07. The van der Waals surface area contributed by atoms with Gasteiger partial charge in [-0.3, -0.25) is 0 Å². The average Bonchev–Trinajstić information content (AvgIpc) is 2.50. The van der Waals surface area contributed by atoms with E-state index >= 15 is 0 Å². The molecule has 0 aromatic heterocycles. The molecule has 0 amide bonds. The second-order valence-electron chi connectivity index (χ2n) is 4.72. The van der Waals surface area contributed by atoms with Gasteiger partial charge < -0.3 is 14.8 Å². The molecule has 1 aromatic rings. The van der Waals surface area contributed by atoms with E-state index in [0.717, 1.165) is 24.3 Å². The van der Waals surface area contributed by atoms with Gasteiger partial charge in [-0.2, -0.15) is 0 Å². The maximum atomic E-state index is 6.07. The number of nitrogens with one attached hydrogen (secondary N) is 1. The Hall–Kier alpha value is -1.06. The Kier molecular flexibility index (Phi) is 4.02. The van der Waals surface area contributed by atoms with Gasteiger partial charge in [0.15, 0.2) is 0 Å². The van der Waals surface area contributed by atoms with Gasteiger partial charge in [-0.05, 0) is 26.3 Å². The second-order valence-corrected chi connectivity index (χ2v) is 4.72. The smallest absolute Gasteiger partial charge is 0.124 e. The topological polar surface area (TPSA) is 30.5 Å². The molecule has 0 spiro atoms. The van der Waals surface area contributed by atoms with Gasteiger partial charge >= 0.3 is 0 Å². The number of ether oxygens (including phenoxy) is 2. The van der Waals surface area contributed by atoms with Gasteiger partial charge in [0, 0.05) is 18.2 Å². The Labute approximate surface area is 103 Å². The van der Waals surface area contributed by atoms with E-state index in [1.165, 1.54) is 0 Å². The summed E-state index contributed by atoms with van der Waals surface area (Å²) in [5, 5.41) is 3.49. The third-order valence-electron chi connectivity index (χ3n) is 3.22. The van der Waals surface area contributed by atoms with Crippen LogP contribution < -0.4 is 10.1 Å². The molecule has 94 valence electrons. The van der Waals surface area contributed by atoms with E-state index in [9.17, 15) is 0 Å². The molecule has 1 N–H and O–H groups in total. The monoisotopic (exact) mass is 235 g/mol. The molecular formula is C14H21NO2. The van der Waals surface area contributed by atoms with Gasteiger partial charge in [-0.25, -0.2) is 0 Å². The Bertz CT molecular complexity index is 367.